The van der Waals surface area contributed by atoms with Gasteiger partial charge >= 0.3 is 0 Å². The molecule has 5 rings (SSSR count). The average molecular weight is 704 g/mol. The summed E-state index contributed by atoms with van der Waals surface area (Å²) in [6.45, 7) is 14.5. The first-order chi connectivity index (χ1) is 22.1. The van der Waals surface area contributed by atoms with Crippen molar-refractivity contribution in [3.63, 3.8) is 0 Å². The summed E-state index contributed by atoms with van der Waals surface area (Å²) in [6, 6.07) is 4.66. The lowest BCUT2D eigenvalue weighted by atomic mass is 9.37. The molecule has 1 aromatic carbocycles. The molecule has 10 nitrogen and oxygen atoms in total. The molecule has 0 aromatic heterocycles. The molecule has 4 aliphatic carbocycles. The standard InChI is InChI=1S/C36H49NO9S2/c1-15(2)23-26(40)22(29(37)43)27(41)36(46)28(42)24-25(39)21-17(11-10-14-20(21)38)16(3)34(24,7)32(35(23,36)8)47-30(44)18-12-9-13-19(18)31(45)48-33(4,5)6/h10-11,14-16,18-19,22-24,26,28,32,38,40,42,46H,9,12-13H2,1-8H3,(H2,37,43)/t16-,18?,19?,22-,23+,24-,26?,28?,32-,34+,35+,36+/m1/s1. The molecule has 3 saturated carbocycles. The maximum absolute atomic E-state index is 14.6. The van der Waals surface area contributed by atoms with Crippen LogP contribution in [0.25, 0.3) is 0 Å². The first kappa shape index (κ1) is 37.0. The van der Waals surface area contributed by atoms with Gasteiger partial charge in [-0.05, 0) is 47.6 Å². The molecule has 6 N–H and O–H groups in total. The van der Waals surface area contributed by atoms with Crippen molar-refractivity contribution in [2.45, 2.75) is 108 Å². The fourth-order valence-electron chi connectivity index (χ4n) is 10.0. The Balaban J connectivity index is 1.75. The molecular formula is C36H49NO9S2. The Bertz CT molecular complexity index is 1560. The summed E-state index contributed by atoms with van der Waals surface area (Å²) in [5.41, 5.74) is 0.195. The Hall–Kier alpha value is -2.25. The molecular weight excluding hydrogens is 655 g/mol. The number of thioether (sulfide) groups is 2. The van der Waals surface area contributed by atoms with Gasteiger partial charge in [-0.2, -0.15) is 0 Å². The van der Waals surface area contributed by atoms with Crippen LogP contribution in [0.1, 0.15) is 96.5 Å². The molecule has 0 bridgehead atoms. The molecule has 0 saturated heterocycles. The van der Waals surface area contributed by atoms with Crippen molar-refractivity contribution in [1.29, 1.82) is 0 Å². The summed E-state index contributed by atoms with van der Waals surface area (Å²) in [4.78, 5) is 69.7. The number of aromatic hydroxyl groups is 1. The Morgan fingerprint density at radius 1 is 1.02 bits per heavy atom. The van der Waals surface area contributed by atoms with Crippen LogP contribution >= 0.6 is 23.5 Å². The van der Waals surface area contributed by atoms with Crippen molar-refractivity contribution < 1.29 is 44.4 Å². The topological polar surface area (TPSA) is 192 Å². The predicted octanol–water partition coefficient (Wildman–Crippen LogP) is 3.85. The van der Waals surface area contributed by atoms with Gasteiger partial charge in [0.1, 0.15) is 17.8 Å². The molecule has 3 fully saturated rings. The number of hydrogen-bond donors (Lipinski definition) is 5. The van der Waals surface area contributed by atoms with Gasteiger partial charge in [0.25, 0.3) is 0 Å². The number of amides is 1. The van der Waals surface area contributed by atoms with Crippen molar-refractivity contribution >= 4 is 51.2 Å². The number of benzene rings is 1. The highest BCUT2D eigenvalue weighted by Gasteiger charge is 2.80. The van der Waals surface area contributed by atoms with Gasteiger partial charge in [0.15, 0.2) is 27.4 Å². The quantitative estimate of drug-likeness (QED) is 0.280. The van der Waals surface area contributed by atoms with Crippen LogP contribution in [-0.2, 0) is 19.2 Å². The number of nitrogens with two attached hydrogens (primary N) is 1. The molecule has 0 spiro atoms. The van der Waals surface area contributed by atoms with Crippen molar-refractivity contribution in [2.75, 3.05) is 0 Å². The van der Waals surface area contributed by atoms with Crippen molar-refractivity contribution in [3.05, 3.63) is 29.3 Å². The number of rotatable bonds is 5. The number of Topliss-reactive ketones (excluding diaryl/α,β-unsaturated/α-hetero) is 2. The number of carbonyl (C=O) groups excluding carboxylic acids is 5. The highest BCUT2D eigenvalue weighted by Crippen LogP contribution is 2.71. The summed E-state index contributed by atoms with van der Waals surface area (Å²) in [5, 5.41) is 46.2. The highest BCUT2D eigenvalue weighted by molar-refractivity contribution is 8.15. The average Bonchev–Trinajstić information content (AvgIpc) is 3.46. The molecule has 12 heteroatoms. The van der Waals surface area contributed by atoms with E-state index in [2.05, 4.69) is 0 Å². The molecule has 0 aliphatic heterocycles. The number of phenolic OH excluding ortho intramolecular Hbond substituents is 1. The number of aliphatic hydroxyl groups is 3. The smallest absolute Gasteiger partial charge is 0.230 e. The minimum absolute atomic E-state index is 0.0374. The summed E-state index contributed by atoms with van der Waals surface area (Å²) in [7, 11) is 0. The van der Waals surface area contributed by atoms with Crippen LogP contribution < -0.4 is 5.73 Å². The Morgan fingerprint density at radius 3 is 2.15 bits per heavy atom. The van der Waals surface area contributed by atoms with Gasteiger partial charge in [-0.3, -0.25) is 24.0 Å². The van der Waals surface area contributed by atoms with Gasteiger partial charge < -0.3 is 26.2 Å². The Morgan fingerprint density at radius 2 is 1.60 bits per heavy atom. The summed E-state index contributed by atoms with van der Waals surface area (Å²) >= 11 is 2.07. The van der Waals surface area contributed by atoms with E-state index in [1.807, 2.05) is 27.7 Å². The maximum atomic E-state index is 14.6. The molecule has 264 valence electrons. The molecule has 12 atom stereocenters. The summed E-state index contributed by atoms with van der Waals surface area (Å²) in [6.07, 6.45) is -2.06. The molecule has 1 aromatic rings. The number of fused-ring (bicyclic) bond motifs is 3. The van der Waals surface area contributed by atoms with E-state index in [1.54, 1.807) is 39.8 Å². The van der Waals surface area contributed by atoms with Crippen LogP contribution in [0.15, 0.2) is 18.2 Å². The van der Waals surface area contributed by atoms with E-state index in [1.165, 1.54) is 17.8 Å². The van der Waals surface area contributed by atoms with E-state index >= 15 is 0 Å². The molecule has 4 unspecified atom stereocenters. The minimum Gasteiger partial charge on any atom is -0.507 e. The van der Waals surface area contributed by atoms with Gasteiger partial charge in [0.2, 0.25) is 5.91 Å². The third-order valence-electron chi connectivity index (χ3n) is 12.2. The fraction of sp³-hybridized carbons (Fsp3) is 0.694. The molecule has 0 radical (unpaired) electrons. The normalized spacial score (nSPS) is 41.0. The van der Waals surface area contributed by atoms with Crippen LogP contribution in [0, 0.1) is 46.3 Å². The zero-order chi connectivity index (χ0) is 36.0. The number of hydrogen-bond acceptors (Lipinski definition) is 11. The second-order valence-electron chi connectivity index (χ2n) is 16.2. The first-order valence-electron chi connectivity index (χ1n) is 16.8. The summed E-state index contributed by atoms with van der Waals surface area (Å²) in [5.74, 6) is -10.1. The first-order valence-corrected chi connectivity index (χ1v) is 18.5. The maximum Gasteiger partial charge on any atom is 0.230 e. The second kappa shape index (κ2) is 12.2. The zero-order valence-corrected chi connectivity index (χ0v) is 30.5. The van der Waals surface area contributed by atoms with Crippen molar-refractivity contribution in [2.24, 2.45) is 52.1 Å². The van der Waals surface area contributed by atoms with Crippen LogP contribution in [0.4, 0.5) is 0 Å². The SMILES string of the molecule is CC(C)[C@H]1C(O)[C@@H](C(N)=O)C(=O)[C@]2(O)C(O)[C@H]3C(=O)c4c(O)cccc4[C@@H](C)[C@]3(C)[C@@H](SC(=O)C3CCCC3C(=O)SC(C)(C)C)[C@]12C. The summed E-state index contributed by atoms with van der Waals surface area (Å²) < 4.78 is -0.360. The number of carbonyl (C=O) groups is 5. The third-order valence-corrected chi connectivity index (χ3v) is 15.1. The second-order valence-corrected chi connectivity index (χ2v) is 19.1. The largest absolute Gasteiger partial charge is 0.507 e. The molecule has 4 aliphatic rings. The lowest BCUT2D eigenvalue weighted by Crippen LogP contribution is -2.83. The van der Waals surface area contributed by atoms with E-state index in [0.717, 1.165) is 11.8 Å². The lowest BCUT2D eigenvalue weighted by Gasteiger charge is -2.70. The fourth-order valence-corrected chi connectivity index (χ4v) is 13.0. The van der Waals surface area contributed by atoms with Crippen LogP contribution in [-0.4, -0.2) is 75.9 Å². The molecule has 0 heterocycles. The number of aliphatic hydroxyl groups excluding tert-OH is 2. The molecule has 1 amide bonds. The van der Waals surface area contributed by atoms with Gasteiger partial charge in [-0.25, -0.2) is 0 Å². The highest BCUT2D eigenvalue weighted by atomic mass is 32.2. The van der Waals surface area contributed by atoms with Crippen molar-refractivity contribution in [1.82, 2.24) is 0 Å². The van der Waals surface area contributed by atoms with E-state index in [9.17, 15) is 44.4 Å². The van der Waals surface area contributed by atoms with E-state index in [-0.39, 0.29) is 26.3 Å². The Labute approximate surface area is 290 Å². The predicted molar refractivity (Wildman–Crippen MR) is 183 cm³/mol. The van der Waals surface area contributed by atoms with E-state index in [0.29, 0.717) is 24.8 Å². The number of ketones is 2. The van der Waals surface area contributed by atoms with Gasteiger partial charge in [-0.15, -0.1) is 0 Å². The third kappa shape index (κ3) is 5.06. The van der Waals surface area contributed by atoms with E-state index < -0.39 is 92.8 Å². The van der Waals surface area contributed by atoms with Crippen LogP contribution in [0.5, 0.6) is 5.75 Å². The van der Waals surface area contributed by atoms with Crippen LogP contribution in [0.2, 0.25) is 0 Å². The van der Waals surface area contributed by atoms with E-state index in [4.69, 9.17) is 5.73 Å². The number of primary amides is 1. The molecule has 48 heavy (non-hydrogen) atoms. The van der Waals surface area contributed by atoms with Gasteiger partial charge in [-0.1, -0.05) is 97.5 Å². The van der Waals surface area contributed by atoms with Crippen LogP contribution in [0.3, 0.4) is 0 Å². The minimum atomic E-state index is -2.80. The van der Waals surface area contributed by atoms with Crippen molar-refractivity contribution in [3.8, 4) is 5.75 Å². The number of phenols is 1. The lowest BCUT2D eigenvalue weighted by molar-refractivity contribution is -0.263. The van der Waals surface area contributed by atoms with Gasteiger partial charge in [0, 0.05) is 27.2 Å². The monoisotopic (exact) mass is 703 g/mol. The zero-order valence-electron chi connectivity index (χ0n) is 28.9. The Kier molecular flexibility index (Phi) is 9.42. The van der Waals surface area contributed by atoms with Gasteiger partial charge in [0.05, 0.1) is 17.6 Å².